The Morgan fingerprint density at radius 3 is 2.58 bits per heavy atom. The zero-order valence-corrected chi connectivity index (χ0v) is 18.3. The summed E-state index contributed by atoms with van der Waals surface area (Å²) >= 11 is 0. The molecule has 9 heteroatoms. The van der Waals surface area contributed by atoms with Crippen molar-refractivity contribution in [3.63, 3.8) is 0 Å². The highest BCUT2D eigenvalue weighted by atomic mass is 16.7. The standard InChI is InChI=1S/C24H23NO8/c1-3-28-23(26)24(27)33-19-7-12-6-17-18(31-10-30-17)8-14(12)21-20(19)13-4-5-16-22(32-11-29-16)15(13)9-25(21)2/h4-6,8,19-21H,3,7,9-11H2,1-2H3. The second-order valence-electron chi connectivity index (χ2n) is 8.53. The highest BCUT2D eigenvalue weighted by Crippen LogP contribution is 2.54. The molecule has 0 N–H and O–H groups in total. The van der Waals surface area contributed by atoms with Crippen molar-refractivity contribution in [2.45, 2.75) is 38.0 Å². The van der Waals surface area contributed by atoms with Gasteiger partial charge in [-0.15, -0.1) is 0 Å². The number of fused-ring (bicyclic) bond motifs is 8. The number of rotatable bonds is 2. The predicted octanol–water partition coefficient (Wildman–Crippen LogP) is 2.45. The number of esters is 2. The molecular formula is C24H23NO8. The highest BCUT2D eigenvalue weighted by molar-refractivity contribution is 6.29. The first kappa shape index (κ1) is 20.2. The van der Waals surface area contributed by atoms with Gasteiger partial charge in [0.05, 0.1) is 6.61 Å². The van der Waals surface area contributed by atoms with Crippen LogP contribution in [0.15, 0.2) is 24.3 Å². The molecule has 4 aliphatic rings. The summed E-state index contributed by atoms with van der Waals surface area (Å²) in [4.78, 5) is 26.8. The molecule has 0 radical (unpaired) electrons. The molecule has 0 aromatic heterocycles. The van der Waals surface area contributed by atoms with Crippen molar-refractivity contribution in [1.29, 1.82) is 0 Å². The van der Waals surface area contributed by atoms with Crippen LogP contribution in [0.3, 0.4) is 0 Å². The van der Waals surface area contributed by atoms with Crippen LogP contribution < -0.4 is 18.9 Å². The summed E-state index contributed by atoms with van der Waals surface area (Å²) in [6, 6.07) is 7.77. The lowest BCUT2D eigenvalue weighted by Gasteiger charge is -2.47. The first-order chi connectivity index (χ1) is 16.0. The molecule has 0 amide bonds. The maximum absolute atomic E-state index is 12.6. The van der Waals surface area contributed by atoms with Crippen LogP contribution in [-0.2, 0) is 32.0 Å². The second kappa shape index (κ2) is 7.55. The minimum absolute atomic E-state index is 0.101. The smallest absolute Gasteiger partial charge is 0.417 e. The zero-order valence-electron chi connectivity index (χ0n) is 18.3. The van der Waals surface area contributed by atoms with Crippen molar-refractivity contribution in [2.75, 3.05) is 27.2 Å². The Balaban J connectivity index is 1.47. The van der Waals surface area contributed by atoms with E-state index in [2.05, 4.69) is 4.90 Å². The number of ether oxygens (including phenoxy) is 6. The van der Waals surface area contributed by atoms with E-state index in [9.17, 15) is 9.59 Å². The van der Waals surface area contributed by atoms with Crippen molar-refractivity contribution >= 4 is 11.9 Å². The van der Waals surface area contributed by atoms with Crippen molar-refractivity contribution in [3.8, 4) is 23.0 Å². The molecular weight excluding hydrogens is 430 g/mol. The molecule has 0 fully saturated rings. The van der Waals surface area contributed by atoms with Crippen molar-refractivity contribution in [3.05, 3.63) is 46.5 Å². The molecule has 9 nitrogen and oxygen atoms in total. The lowest BCUT2D eigenvalue weighted by molar-refractivity contribution is -0.172. The molecule has 172 valence electrons. The van der Waals surface area contributed by atoms with Crippen LogP contribution in [0.2, 0.25) is 0 Å². The van der Waals surface area contributed by atoms with E-state index in [1.54, 1.807) is 6.92 Å². The van der Waals surface area contributed by atoms with Gasteiger partial charge in [0.15, 0.2) is 23.0 Å². The van der Waals surface area contributed by atoms with Crippen LogP contribution in [0, 0.1) is 0 Å². The van der Waals surface area contributed by atoms with Gasteiger partial charge in [-0.1, -0.05) is 6.07 Å². The Bertz CT molecular complexity index is 1160. The Morgan fingerprint density at radius 1 is 1.00 bits per heavy atom. The van der Waals surface area contributed by atoms with E-state index in [-0.39, 0.29) is 32.2 Å². The molecule has 3 unspecified atom stereocenters. The summed E-state index contributed by atoms with van der Waals surface area (Å²) in [5.41, 5.74) is 4.12. The van der Waals surface area contributed by atoms with Gasteiger partial charge in [-0.25, -0.2) is 9.59 Å². The van der Waals surface area contributed by atoms with Gasteiger partial charge in [0.1, 0.15) is 6.10 Å². The highest BCUT2D eigenvalue weighted by Gasteiger charge is 2.47. The van der Waals surface area contributed by atoms with Gasteiger partial charge in [-0.3, -0.25) is 4.90 Å². The predicted molar refractivity (Wildman–Crippen MR) is 112 cm³/mol. The molecule has 3 heterocycles. The van der Waals surface area contributed by atoms with Gasteiger partial charge in [0.25, 0.3) is 0 Å². The number of carbonyl (C=O) groups excluding carboxylic acids is 2. The van der Waals surface area contributed by atoms with Crippen LogP contribution in [0.1, 0.15) is 41.1 Å². The van der Waals surface area contributed by atoms with Gasteiger partial charge in [-0.05, 0) is 48.9 Å². The number of hydrogen-bond acceptors (Lipinski definition) is 9. The van der Waals surface area contributed by atoms with E-state index in [4.69, 9.17) is 28.4 Å². The monoisotopic (exact) mass is 453 g/mol. The third kappa shape index (κ3) is 3.10. The number of likely N-dealkylation sites (N-methyl/N-ethyl adjacent to an activating group) is 1. The zero-order chi connectivity index (χ0) is 22.7. The topological polar surface area (TPSA) is 92.8 Å². The molecule has 6 rings (SSSR count). The molecule has 3 atom stereocenters. The van der Waals surface area contributed by atoms with E-state index in [0.29, 0.717) is 30.2 Å². The minimum atomic E-state index is -0.986. The Morgan fingerprint density at radius 2 is 1.76 bits per heavy atom. The summed E-state index contributed by atoms with van der Waals surface area (Å²) < 4.78 is 33.2. The summed E-state index contributed by atoms with van der Waals surface area (Å²) in [7, 11) is 2.03. The summed E-state index contributed by atoms with van der Waals surface area (Å²) in [6.07, 6.45) is -0.151. The van der Waals surface area contributed by atoms with E-state index >= 15 is 0 Å². The Labute approximate surface area is 190 Å². The lowest BCUT2D eigenvalue weighted by Crippen LogP contribution is -2.45. The second-order valence-corrected chi connectivity index (χ2v) is 8.53. The summed E-state index contributed by atoms with van der Waals surface area (Å²) in [5.74, 6) is 0.620. The van der Waals surface area contributed by atoms with Crippen LogP contribution in [0.4, 0.5) is 0 Å². The van der Waals surface area contributed by atoms with Gasteiger partial charge in [-0.2, -0.15) is 0 Å². The quantitative estimate of drug-likeness (QED) is 0.502. The normalized spacial score (nSPS) is 23.9. The first-order valence-electron chi connectivity index (χ1n) is 11.0. The fraction of sp³-hybridized carbons (Fsp3) is 0.417. The van der Waals surface area contributed by atoms with Gasteiger partial charge in [0.2, 0.25) is 13.6 Å². The van der Waals surface area contributed by atoms with Gasteiger partial charge in [0, 0.05) is 30.5 Å². The van der Waals surface area contributed by atoms with Crippen LogP contribution in [0.25, 0.3) is 0 Å². The molecule has 2 aromatic carbocycles. The molecule has 0 spiro atoms. The van der Waals surface area contributed by atoms with Crippen molar-refractivity contribution < 1.29 is 38.0 Å². The SMILES string of the molecule is CCOC(=O)C(=O)OC1Cc2cc3c(cc2C2C1c1ccc4c(c1CN2C)OCO4)OCO3. The molecule has 0 saturated carbocycles. The molecule has 0 bridgehead atoms. The average Bonchev–Trinajstić information content (AvgIpc) is 3.46. The molecule has 1 aliphatic carbocycles. The van der Waals surface area contributed by atoms with Crippen molar-refractivity contribution in [1.82, 2.24) is 4.90 Å². The molecule has 33 heavy (non-hydrogen) atoms. The van der Waals surface area contributed by atoms with Crippen LogP contribution in [-0.4, -0.2) is 50.2 Å². The third-order valence-corrected chi connectivity index (χ3v) is 6.74. The maximum atomic E-state index is 12.6. The van der Waals surface area contributed by atoms with Crippen LogP contribution in [0.5, 0.6) is 23.0 Å². The number of carbonyl (C=O) groups is 2. The molecule has 3 aliphatic heterocycles. The van der Waals surface area contributed by atoms with Crippen molar-refractivity contribution in [2.24, 2.45) is 0 Å². The van der Waals surface area contributed by atoms with E-state index in [1.165, 1.54) is 0 Å². The third-order valence-electron chi connectivity index (χ3n) is 6.74. The molecule has 2 aromatic rings. The van der Waals surface area contributed by atoms with Gasteiger partial charge < -0.3 is 28.4 Å². The summed E-state index contributed by atoms with van der Waals surface area (Å²) in [6.45, 7) is 2.74. The largest absolute Gasteiger partial charge is 0.458 e. The fourth-order valence-corrected chi connectivity index (χ4v) is 5.43. The number of benzene rings is 2. The number of hydrogen-bond donors (Lipinski definition) is 0. The first-order valence-corrected chi connectivity index (χ1v) is 11.0. The minimum Gasteiger partial charge on any atom is -0.458 e. The lowest BCUT2D eigenvalue weighted by atomic mass is 9.70. The van der Waals surface area contributed by atoms with Gasteiger partial charge >= 0.3 is 11.9 Å². The van der Waals surface area contributed by atoms with E-state index < -0.39 is 18.0 Å². The maximum Gasteiger partial charge on any atom is 0.417 e. The van der Waals surface area contributed by atoms with E-state index in [0.717, 1.165) is 28.0 Å². The number of nitrogens with zero attached hydrogens (tertiary/aromatic N) is 1. The van der Waals surface area contributed by atoms with E-state index in [1.807, 2.05) is 31.3 Å². The average molecular weight is 453 g/mol. The Hall–Kier alpha value is -3.46. The Kier molecular flexibility index (Phi) is 4.62. The van der Waals surface area contributed by atoms with Crippen LogP contribution >= 0.6 is 0 Å². The molecule has 0 saturated heterocycles. The fourth-order valence-electron chi connectivity index (χ4n) is 5.43. The summed E-state index contributed by atoms with van der Waals surface area (Å²) in [5, 5.41) is 0.